The molecule has 3 fully saturated rings. The molecule has 0 spiro atoms. The molecular formula is C11H20N2O3S. The van der Waals surface area contributed by atoms with Gasteiger partial charge >= 0.3 is 0 Å². The van der Waals surface area contributed by atoms with Crippen LogP contribution in [-0.2, 0) is 9.84 Å². The Kier molecular flexibility index (Phi) is 2.93. The standard InChI is InChI=1S/C11H20N2O3S/c14-11-7-17(15,16)6-10(11)12-8-3-4-13(5-8)9-1-2-9/h8-12,14H,1-7H2. The van der Waals surface area contributed by atoms with Gasteiger partial charge in [-0.05, 0) is 19.3 Å². The molecule has 0 aromatic heterocycles. The van der Waals surface area contributed by atoms with Crippen molar-refractivity contribution in [2.45, 2.75) is 43.5 Å². The maximum Gasteiger partial charge on any atom is 0.154 e. The topological polar surface area (TPSA) is 69.6 Å². The Morgan fingerprint density at radius 3 is 2.53 bits per heavy atom. The molecule has 1 aliphatic carbocycles. The van der Waals surface area contributed by atoms with Gasteiger partial charge in [-0.1, -0.05) is 0 Å². The Labute approximate surface area is 102 Å². The lowest BCUT2D eigenvalue weighted by atomic mass is 10.1. The third-order valence-corrected chi connectivity index (χ3v) is 5.77. The number of hydrogen-bond acceptors (Lipinski definition) is 5. The molecule has 2 aliphatic heterocycles. The van der Waals surface area contributed by atoms with Crippen molar-refractivity contribution in [3.63, 3.8) is 0 Å². The van der Waals surface area contributed by atoms with Crippen LogP contribution in [0.15, 0.2) is 0 Å². The van der Waals surface area contributed by atoms with E-state index < -0.39 is 15.9 Å². The number of rotatable bonds is 3. The van der Waals surface area contributed by atoms with Crippen LogP contribution in [0.2, 0.25) is 0 Å². The molecule has 0 amide bonds. The summed E-state index contributed by atoms with van der Waals surface area (Å²) in [6, 6.07) is 0.867. The van der Waals surface area contributed by atoms with E-state index in [9.17, 15) is 13.5 Å². The second-order valence-electron chi connectivity index (χ2n) is 5.63. The first-order chi connectivity index (χ1) is 8.03. The highest BCUT2D eigenvalue weighted by Gasteiger charge is 2.40. The normalized spacial score (nSPS) is 42.1. The number of aliphatic hydroxyl groups excluding tert-OH is 1. The van der Waals surface area contributed by atoms with Gasteiger partial charge in [-0.25, -0.2) is 8.42 Å². The lowest BCUT2D eigenvalue weighted by Crippen LogP contribution is -2.46. The third-order valence-electron chi connectivity index (χ3n) is 4.06. The summed E-state index contributed by atoms with van der Waals surface area (Å²) in [6.45, 7) is 2.12. The maximum absolute atomic E-state index is 11.4. The van der Waals surface area contributed by atoms with E-state index in [0.717, 1.165) is 25.6 Å². The molecule has 2 N–H and O–H groups in total. The molecule has 0 radical (unpaired) electrons. The summed E-state index contributed by atoms with van der Waals surface area (Å²) in [5, 5.41) is 13.0. The van der Waals surface area contributed by atoms with Crippen molar-refractivity contribution in [1.29, 1.82) is 0 Å². The molecule has 5 nitrogen and oxygen atoms in total. The summed E-state index contributed by atoms with van der Waals surface area (Å²) >= 11 is 0. The number of nitrogens with one attached hydrogen (secondary N) is 1. The van der Waals surface area contributed by atoms with Crippen LogP contribution in [-0.4, -0.2) is 67.2 Å². The molecule has 98 valence electrons. The van der Waals surface area contributed by atoms with Crippen LogP contribution in [0.3, 0.4) is 0 Å². The molecule has 1 saturated carbocycles. The fourth-order valence-corrected chi connectivity index (χ4v) is 4.74. The van der Waals surface area contributed by atoms with Gasteiger partial charge in [0.15, 0.2) is 9.84 Å². The van der Waals surface area contributed by atoms with Gasteiger partial charge in [-0.3, -0.25) is 4.90 Å². The van der Waals surface area contributed by atoms with Crippen molar-refractivity contribution in [3.05, 3.63) is 0 Å². The minimum Gasteiger partial charge on any atom is -0.390 e. The maximum atomic E-state index is 11.4. The largest absolute Gasteiger partial charge is 0.390 e. The highest BCUT2D eigenvalue weighted by molar-refractivity contribution is 7.91. The average Bonchev–Trinajstić information content (AvgIpc) is 2.92. The summed E-state index contributed by atoms with van der Waals surface area (Å²) in [6.07, 6.45) is 2.97. The molecule has 2 heterocycles. The first-order valence-corrected chi connectivity index (χ1v) is 8.24. The van der Waals surface area contributed by atoms with E-state index in [-0.39, 0.29) is 17.5 Å². The molecule has 3 rings (SSSR count). The molecule has 0 aromatic carbocycles. The monoisotopic (exact) mass is 260 g/mol. The Bertz CT molecular complexity index is 394. The smallest absolute Gasteiger partial charge is 0.154 e. The van der Waals surface area contributed by atoms with Crippen LogP contribution in [0.25, 0.3) is 0 Å². The Balaban J connectivity index is 1.54. The molecule has 3 atom stereocenters. The number of aliphatic hydroxyl groups is 1. The SMILES string of the molecule is O=S1(=O)CC(O)C(NC2CCN(C3CC3)C2)C1. The number of hydrogen-bond donors (Lipinski definition) is 2. The van der Waals surface area contributed by atoms with E-state index in [1.807, 2.05) is 0 Å². The van der Waals surface area contributed by atoms with Crippen molar-refractivity contribution in [1.82, 2.24) is 10.2 Å². The van der Waals surface area contributed by atoms with E-state index in [4.69, 9.17) is 0 Å². The molecule has 0 aromatic rings. The number of likely N-dealkylation sites (tertiary alicyclic amines) is 1. The van der Waals surface area contributed by atoms with Crippen LogP contribution in [0.4, 0.5) is 0 Å². The zero-order valence-corrected chi connectivity index (χ0v) is 10.7. The minimum atomic E-state index is -3.03. The Morgan fingerprint density at radius 2 is 1.94 bits per heavy atom. The van der Waals surface area contributed by atoms with Gasteiger partial charge in [-0.15, -0.1) is 0 Å². The second-order valence-corrected chi connectivity index (χ2v) is 7.78. The summed E-state index contributed by atoms with van der Waals surface area (Å²) in [4.78, 5) is 2.48. The van der Waals surface area contributed by atoms with Crippen molar-refractivity contribution < 1.29 is 13.5 Å². The van der Waals surface area contributed by atoms with E-state index in [1.54, 1.807) is 0 Å². The molecular weight excluding hydrogens is 240 g/mol. The van der Waals surface area contributed by atoms with Gasteiger partial charge in [0.25, 0.3) is 0 Å². The first kappa shape index (κ1) is 11.9. The predicted molar refractivity (Wildman–Crippen MR) is 64.6 cm³/mol. The van der Waals surface area contributed by atoms with Crippen LogP contribution >= 0.6 is 0 Å². The van der Waals surface area contributed by atoms with E-state index in [0.29, 0.717) is 6.04 Å². The summed E-state index contributed by atoms with van der Waals surface area (Å²) < 4.78 is 22.8. The van der Waals surface area contributed by atoms with Crippen LogP contribution in [0.1, 0.15) is 19.3 Å². The molecule has 6 heteroatoms. The molecule has 2 saturated heterocycles. The first-order valence-electron chi connectivity index (χ1n) is 6.42. The van der Waals surface area contributed by atoms with Gasteiger partial charge in [0.1, 0.15) is 0 Å². The lowest BCUT2D eigenvalue weighted by molar-refractivity contribution is 0.158. The van der Waals surface area contributed by atoms with Gasteiger partial charge in [0.2, 0.25) is 0 Å². The molecule has 3 aliphatic rings. The average molecular weight is 260 g/mol. The van der Waals surface area contributed by atoms with Crippen molar-refractivity contribution in [3.8, 4) is 0 Å². The summed E-state index contributed by atoms with van der Waals surface area (Å²) in [5.41, 5.74) is 0. The quantitative estimate of drug-likeness (QED) is 0.679. The third kappa shape index (κ3) is 2.65. The molecule has 3 unspecified atom stereocenters. The van der Waals surface area contributed by atoms with E-state index >= 15 is 0 Å². The molecule has 0 bridgehead atoms. The summed E-state index contributed by atoms with van der Waals surface area (Å²) in [5.74, 6) is 0.0117. The number of sulfone groups is 1. The summed E-state index contributed by atoms with van der Waals surface area (Å²) in [7, 11) is -3.03. The highest BCUT2D eigenvalue weighted by atomic mass is 32.2. The zero-order chi connectivity index (χ0) is 12.0. The van der Waals surface area contributed by atoms with E-state index in [2.05, 4.69) is 10.2 Å². The van der Waals surface area contributed by atoms with Crippen LogP contribution in [0, 0.1) is 0 Å². The second kappa shape index (κ2) is 4.19. The fraction of sp³-hybridized carbons (Fsp3) is 1.00. The Morgan fingerprint density at radius 1 is 1.18 bits per heavy atom. The van der Waals surface area contributed by atoms with Crippen molar-refractivity contribution >= 4 is 9.84 Å². The fourth-order valence-electron chi connectivity index (χ4n) is 2.99. The highest BCUT2D eigenvalue weighted by Crippen LogP contribution is 2.30. The van der Waals surface area contributed by atoms with Crippen LogP contribution in [0.5, 0.6) is 0 Å². The zero-order valence-electron chi connectivity index (χ0n) is 9.88. The van der Waals surface area contributed by atoms with Gasteiger partial charge in [0, 0.05) is 31.2 Å². The van der Waals surface area contributed by atoms with Crippen LogP contribution < -0.4 is 5.32 Å². The lowest BCUT2D eigenvalue weighted by Gasteiger charge is -2.21. The van der Waals surface area contributed by atoms with Gasteiger partial charge < -0.3 is 10.4 Å². The van der Waals surface area contributed by atoms with Gasteiger partial charge in [0.05, 0.1) is 17.6 Å². The predicted octanol–water partition coefficient (Wildman–Crippen LogP) is -1.03. The minimum absolute atomic E-state index is 0.0796. The van der Waals surface area contributed by atoms with Crippen molar-refractivity contribution in [2.24, 2.45) is 0 Å². The van der Waals surface area contributed by atoms with Gasteiger partial charge in [-0.2, -0.15) is 0 Å². The molecule has 17 heavy (non-hydrogen) atoms. The van der Waals surface area contributed by atoms with Crippen molar-refractivity contribution in [2.75, 3.05) is 24.6 Å². The van der Waals surface area contributed by atoms with E-state index in [1.165, 1.54) is 12.8 Å². The Hall–Kier alpha value is -0.170. The number of nitrogens with zero attached hydrogens (tertiary/aromatic N) is 1.